The van der Waals surface area contributed by atoms with Crippen molar-refractivity contribution in [1.29, 1.82) is 0 Å². The SMILES string of the molecule is CN=C(NCCOCCOC)NC(C)Cc1c(C)nn(C)c1C.I. The van der Waals surface area contributed by atoms with Gasteiger partial charge in [-0.1, -0.05) is 0 Å². The Morgan fingerprint density at radius 3 is 2.54 bits per heavy atom. The molecule has 1 aromatic rings. The van der Waals surface area contributed by atoms with Gasteiger partial charge in [0.1, 0.15) is 0 Å². The number of halogens is 1. The first-order valence-corrected chi connectivity index (χ1v) is 8.02. The number of methoxy groups -OCH3 is 1. The van der Waals surface area contributed by atoms with E-state index in [9.17, 15) is 0 Å². The summed E-state index contributed by atoms with van der Waals surface area (Å²) >= 11 is 0. The topological polar surface area (TPSA) is 72.7 Å². The zero-order chi connectivity index (χ0) is 17.2. The average molecular weight is 453 g/mol. The summed E-state index contributed by atoms with van der Waals surface area (Å²) in [4.78, 5) is 4.25. The van der Waals surface area contributed by atoms with Crippen molar-refractivity contribution in [2.24, 2.45) is 12.0 Å². The highest BCUT2D eigenvalue weighted by molar-refractivity contribution is 14.0. The van der Waals surface area contributed by atoms with Crippen molar-refractivity contribution in [3.8, 4) is 0 Å². The molecule has 0 aliphatic carbocycles. The number of aliphatic imine (C=N–C) groups is 1. The van der Waals surface area contributed by atoms with Crippen LogP contribution in [0.2, 0.25) is 0 Å². The molecule has 1 unspecified atom stereocenters. The van der Waals surface area contributed by atoms with Crippen LogP contribution in [-0.4, -0.2) is 62.3 Å². The van der Waals surface area contributed by atoms with Gasteiger partial charge in [-0.05, 0) is 32.8 Å². The quantitative estimate of drug-likeness (QED) is 0.256. The maximum Gasteiger partial charge on any atom is 0.191 e. The Morgan fingerprint density at radius 1 is 1.29 bits per heavy atom. The molecule has 1 atom stereocenters. The normalized spacial score (nSPS) is 12.7. The van der Waals surface area contributed by atoms with Gasteiger partial charge in [0.15, 0.2) is 5.96 Å². The van der Waals surface area contributed by atoms with Gasteiger partial charge in [-0.25, -0.2) is 0 Å². The van der Waals surface area contributed by atoms with Crippen LogP contribution in [0.15, 0.2) is 4.99 Å². The van der Waals surface area contributed by atoms with Crippen LogP contribution in [0.4, 0.5) is 0 Å². The van der Waals surface area contributed by atoms with Crippen LogP contribution >= 0.6 is 24.0 Å². The number of rotatable bonds is 9. The first kappa shape index (κ1) is 23.1. The highest BCUT2D eigenvalue weighted by atomic mass is 127. The van der Waals surface area contributed by atoms with E-state index < -0.39 is 0 Å². The van der Waals surface area contributed by atoms with Gasteiger partial charge in [0.05, 0.1) is 25.5 Å². The third-order valence-electron chi connectivity index (χ3n) is 3.75. The second-order valence-electron chi connectivity index (χ2n) is 5.63. The summed E-state index contributed by atoms with van der Waals surface area (Å²) in [5.74, 6) is 0.784. The van der Waals surface area contributed by atoms with Crippen molar-refractivity contribution in [1.82, 2.24) is 20.4 Å². The third-order valence-corrected chi connectivity index (χ3v) is 3.75. The Bertz CT molecular complexity index is 505. The van der Waals surface area contributed by atoms with Gasteiger partial charge in [0, 0.05) is 39.5 Å². The van der Waals surface area contributed by atoms with E-state index in [4.69, 9.17) is 9.47 Å². The molecule has 7 nitrogen and oxygen atoms in total. The molecule has 2 N–H and O–H groups in total. The van der Waals surface area contributed by atoms with Crippen LogP contribution < -0.4 is 10.6 Å². The summed E-state index contributed by atoms with van der Waals surface area (Å²) in [5, 5.41) is 11.1. The summed E-state index contributed by atoms with van der Waals surface area (Å²) in [7, 11) is 5.42. The second-order valence-corrected chi connectivity index (χ2v) is 5.63. The van der Waals surface area contributed by atoms with Crippen molar-refractivity contribution < 1.29 is 9.47 Å². The summed E-state index contributed by atoms with van der Waals surface area (Å²) in [6, 6.07) is 0.261. The van der Waals surface area contributed by atoms with Crippen LogP contribution in [0.5, 0.6) is 0 Å². The summed E-state index contributed by atoms with van der Waals surface area (Å²) in [6.07, 6.45) is 0.913. The minimum atomic E-state index is 0. The Hall–Kier alpha value is -0.870. The number of guanidine groups is 1. The van der Waals surface area contributed by atoms with Gasteiger partial charge in [0.25, 0.3) is 0 Å². The predicted molar refractivity (Wildman–Crippen MR) is 108 cm³/mol. The standard InChI is InChI=1S/C16H31N5O2.HI/c1-12(11-15-13(2)20-21(5)14(15)3)19-16(17-4)18-7-8-23-10-9-22-6;/h12H,7-11H2,1-6H3,(H2,17,18,19);1H. The van der Waals surface area contributed by atoms with Crippen LogP contribution in [0, 0.1) is 13.8 Å². The van der Waals surface area contributed by atoms with Crippen molar-refractivity contribution in [2.75, 3.05) is 40.5 Å². The minimum Gasteiger partial charge on any atom is -0.382 e. The lowest BCUT2D eigenvalue weighted by Gasteiger charge is -2.18. The molecule has 24 heavy (non-hydrogen) atoms. The average Bonchev–Trinajstić information content (AvgIpc) is 2.76. The van der Waals surface area contributed by atoms with Crippen molar-refractivity contribution in [3.63, 3.8) is 0 Å². The monoisotopic (exact) mass is 453 g/mol. The Kier molecular flexibility index (Phi) is 12.0. The number of aryl methyl sites for hydroxylation is 2. The van der Waals surface area contributed by atoms with Gasteiger partial charge < -0.3 is 20.1 Å². The molecule has 0 saturated carbocycles. The molecule has 0 aliphatic rings. The van der Waals surface area contributed by atoms with E-state index in [0.717, 1.165) is 18.1 Å². The molecule has 140 valence electrons. The fourth-order valence-electron chi connectivity index (χ4n) is 2.38. The van der Waals surface area contributed by atoms with E-state index >= 15 is 0 Å². The molecule has 1 rings (SSSR count). The molecule has 0 fully saturated rings. The van der Waals surface area contributed by atoms with Gasteiger partial charge >= 0.3 is 0 Å². The van der Waals surface area contributed by atoms with Crippen LogP contribution in [-0.2, 0) is 22.9 Å². The Balaban J connectivity index is 0.00000529. The minimum absolute atomic E-state index is 0. The van der Waals surface area contributed by atoms with Crippen LogP contribution in [0.1, 0.15) is 23.9 Å². The number of hydrogen-bond donors (Lipinski definition) is 2. The highest BCUT2D eigenvalue weighted by Crippen LogP contribution is 2.13. The highest BCUT2D eigenvalue weighted by Gasteiger charge is 2.13. The third kappa shape index (κ3) is 7.80. The number of hydrogen-bond acceptors (Lipinski definition) is 4. The summed E-state index contributed by atoms with van der Waals surface area (Å²) in [6.45, 7) is 8.87. The van der Waals surface area contributed by atoms with Gasteiger partial charge in [-0.3, -0.25) is 9.67 Å². The number of nitrogens with one attached hydrogen (secondary N) is 2. The smallest absolute Gasteiger partial charge is 0.191 e. The van der Waals surface area contributed by atoms with Gasteiger partial charge in [-0.2, -0.15) is 5.10 Å². The lowest BCUT2D eigenvalue weighted by Crippen LogP contribution is -2.44. The predicted octanol–water partition coefficient (Wildman–Crippen LogP) is 1.41. The molecular formula is C16H32IN5O2. The molecule has 8 heteroatoms. The van der Waals surface area contributed by atoms with Gasteiger partial charge in [0.2, 0.25) is 0 Å². The number of ether oxygens (including phenoxy) is 2. The lowest BCUT2D eigenvalue weighted by molar-refractivity contribution is 0.0733. The van der Waals surface area contributed by atoms with E-state index in [1.165, 1.54) is 11.3 Å². The lowest BCUT2D eigenvalue weighted by atomic mass is 10.1. The van der Waals surface area contributed by atoms with E-state index in [2.05, 4.69) is 41.5 Å². The van der Waals surface area contributed by atoms with Crippen LogP contribution in [0.25, 0.3) is 0 Å². The maximum atomic E-state index is 5.42. The molecule has 0 aromatic carbocycles. The Labute approximate surface area is 162 Å². The molecule has 0 aliphatic heterocycles. The summed E-state index contributed by atoms with van der Waals surface area (Å²) < 4.78 is 12.3. The zero-order valence-corrected chi connectivity index (χ0v) is 18.0. The number of nitrogens with zero attached hydrogens (tertiary/aromatic N) is 3. The fraction of sp³-hybridized carbons (Fsp3) is 0.750. The largest absolute Gasteiger partial charge is 0.382 e. The molecule has 0 spiro atoms. The van der Waals surface area contributed by atoms with E-state index in [1.54, 1.807) is 14.2 Å². The van der Waals surface area contributed by atoms with E-state index in [0.29, 0.717) is 26.4 Å². The first-order valence-electron chi connectivity index (χ1n) is 8.02. The molecule has 0 radical (unpaired) electrons. The molecule has 0 amide bonds. The molecular weight excluding hydrogens is 421 g/mol. The fourth-order valence-corrected chi connectivity index (χ4v) is 2.38. The van der Waals surface area contributed by atoms with E-state index in [-0.39, 0.29) is 30.0 Å². The van der Waals surface area contributed by atoms with Crippen molar-refractivity contribution in [2.45, 2.75) is 33.2 Å². The molecule has 1 aromatic heterocycles. The van der Waals surface area contributed by atoms with Crippen molar-refractivity contribution >= 4 is 29.9 Å². The van der Waals surface area contributed by atoms with E-state index in [1.807, 2.05) is 11.7 Å². The number of aromatic nitrogens is 2. The van der Waals surface area contributed by atoms with Crippen molar-refractivity contribution in [3.05, 3.63) is 17.0 Å². The van der Waals surface area contributed by atoms with Gasteiger partial charge in [-0.15, -0.1) is 24.0 Å². The van der Waals surface area contributed by atoms with Crippen LogP contribution in [0.3, 0.4) is 0 Å². The summed E-state index contributed by atoms with van der Waals surface area (Å²) in [5.41, 5.74) is 3.60. The maximum absolute atomic E-state index is 5.42. The zero-order valence-electron chi connectivity index (χ0n) is 15.7. The first-order chi connectivity index (χ1) is 11.0. The molecule has 0 saturated heterocycles. The Morgan fingerprint density at radius 2 is 2.00 bits per heavy atom. The molecule has 0 bridgehead atoms. The molecule has 1 heterocycles. The second kappa shape index (κ2) is 12.5.